The Morgan fingerprint density at radius 3 is 3.00 bits per heavy atom. The van der Waals surface area contributed by atoms with Crippen LogP contribution in [0, 0.1) is 5.92 Å². The highest BCUT2D eigenvalue weighted by molar-refractivity contribution is 5.39. The highest BCUT2D eigenvalue weighted by atomic mass is 16.5. The summed E-state index contributed by atoms with van der Waals surface area (Å²) in [5.41, 5.74) is 8.34. The van der Waals surface area contributed by atoms with Crippen LogP contribution < -0.4 is 15.8 Å². The summed E-state index contributed by atoms with van der Waals surface area (Å²) < 4.78 is 5.90. The first kappa shape index (κ1) is 13.9. The molecule has 1 aromatic heterocycles. The van der Waals surface area contributed by atoms with Crippen LogP contribution in [0.15, 0.2) is 42.6 Å². The van der Waals surface area contributed by atoms with Gasteiger partial charge in [-0.1, -0.05) is 24.3 Å². The summed E-state index contributed by atoms with van der Waals surface area (Å²) in [7, 11) is 2.00. The maximum absolute atomic E-state index is 5.96. The van der Waals surface area contributed by atoms with Crippen molar-refractivity contribution in [1.82, 2.24) is 10.3 Å². The quantitative estimate of drug-likeness (QED) is 0.901. The average molecular weight is 283 g/mol. The fourth-order valence-corrected chi connectivity index (χ4v) is 2.97. The van der Waals surface area contributed by atoms with Crippen LogP contribution >= 0.6 is 0 Å². The molecule has 2 heterocycles. The number of para-hydroxylation sites is 1. The van der Waals surface area contributed by atoms with Crippen LogP contribution in [0.4, 0.5) is 5.82 Å². The van der Waals surface area contributed by atoms with E-state index in [4.69, 9.17) is 10.5 Å². The summed E-state index contributed by atoms with van der Waals surface area (Å²) >= 11 is 0. The van der Waals surface area contributed by atoms with E-state index < -0.39 is 0 Å². The van der Waals surface area contributed by atoms with Crippen molar-refractivity contribution in [2.75, 3.05) is 19.4 Å². The maximum atomic E-state index is 5.96. The lowest BCUT2D eigenvalue weighted by Gasteiger charge is -2.31. The van der Waals surface area contributed by atoms with Gasteiger partial charge < -0.3 is 15.8 Å². The molecule has 1 aromatic carbocycles. The molecular formula is C17H21N3O. The Kier molecular flexibility index (Phi) is 4.06. The minimum absolute atomic E-state index is 0.324. The molecule has 0 fully saturated rings. The highest BCUT2D eigenvalue weighted by Crippen LogP contribution is 2.29. The number of nitrogens with two attached hydrogens (primary N) is 1. The Morgan fingerprint density at radius 1 is 1.33 bits per heavy atom. The van der Waals surface area contributed by atoms with Crippen molar-refractivity contribution in [1.29, 1.82) is 0 Å². The van der Waals surface area contributed by atoms with Crippen LogP contribution in [-0.4, -0.2) is 24.7 Å². The summed E-state index contributed by atoms with van der Waals surface area (Å²) in [5, 5.41) is 3.41. The number of nitrogens with zero attached hydrogens (tertiary/aromatic N) is 1. The van der Waals surface area contributed by atoms with Crippen molar-refractivity contribution in [2.24, 2.45) is 5.92 Å². The molecule has 4 heteroatoms. The van der Waals surface area contributed by atoms with Crippen LogP contribution in [-0.2, 0) is 12.8 Å². The number of pyridine rings is 1. The zero-order chi connectivity index (χ0) is 14.7. The molecule has 2 unspecified atom stereocenters. The number of hydrogen-bond acceptors (Lipinski definition) is 4. The topological polar surface area (TPSA) is 60.2 Å². The molecule has 3 N–H and O–H groups in total. The third-order valence-electron chi connectivity index (χ3n) is 4.21. The molecule has 0 saturated carbocycles. The fraction of sp³-hybridized carbons (Fsp3) is 0.353. The lowest BCUT2D eigenvalue weighted by Crippen LogP contribution is -2.41. The van der Waals surface area contributed by atoms with E-state index in [2.05, 4.69) is 22.4 Å². The van der Waals surface area contributed by atoms with Gasteiger partial charge in [-0.25, -0.2) is 4.98 Å². The molecule has 0 radical (unpaired) electrons. The lowest BCUT2D eigenvalue weighted by atomic mass is 9.87. The number of hydrogen-bond donors (Lipinski definition) is 2. The van der Waals surface area contributed by atoms with Crippen LogP contribution in [0.2, 0.25) is 0 Å². The van der Waals surface area contributed by atoms with Crippen LogP contribution in [0.3, 0.4) is 0 Å². The molecule has 0 bridgehead atoms. The normalized spacial score (nSPS) is 18.6. The van der Waals surface area contributed by atoms with Crippen molar-refractivity contribution in [2.45, 2.75) is 18.9 Å². The van der Waals surface area contributed by atoms with Gasteiger partial charge in [0.1, 0.15) is 11.6 Å². The molecule has 2 atom stereocenters. The molecular weight excluding hydrogens is 262 g/mol. The van der Waals surface area contributed by atoms with Crippen molar-refractivity contribution in [3.8, 4) is 5.75 Å². The fourth-order valence-electron chi connectivity index (χ4n) is 2.97. The molecule has 4 nitrogen and oxygen atoms in total. The second-order valence-electron chi connectivity index (χ2n) is 5.53. The minimum atomic E-state index is 0.324. The van der Waals surface area contributed by atoms with E-state index in [9.17, 15) is 0 Å². The van der Waals surface area contributed by atoms with E-state index in [0.717, 1.165) is 30.8 Å². The summed E-state index contributed by atoms with van der Waals surface area (Å²) in [5.74, 6) is 2.07. The molecule has 0 amide bonds. The number of ether oxygens (including phenoxy) is 1. The number of benzene rings is 1. The van der Waals surface area contributed by atoms with Gasteiger partial charge in [0.05, 0.1) is 6.61 Å². The number of nitrogen functional groups attached to an aromatic ring is 1. The zero-order valence-electron chi connectivity index (χ0n) is 12.3. The number of anilines is 1. The van der Waals surface area contributed by atoms with Gasteiger partial charge in [-0.2, -0.15) is 0 Å². The largest absolute Gasteiger partial charge is 0.493 e. The first-order chi connectivity index (χ1) is 10.3. The van der Waals surface area contributed by atoms with E-state index in [0.29, 0.717) is 17.8 Å². The van der Waals surface area contributed by atoms with Gasteiger partial charge in [0, 0.05) is 18.2 Å². The summed E-state index contributed by atoms with van der Waals surface area (Å²) in [6.07, 6.45) is 3.63. The average Bonchev–Trinajstić information content (AvgIpc) is 2.54. The Morgan fingerprint density at radius 2 is 2.19 bits per heavy atom. The standard InChI is InChI=1S/C17H21N3O/c1-19-15(10-13-6-4-8-20-17(13)18)14-9-12-5-2-3-7-16(12)21-11-14/h2-8,14-15,19H,9-11H2,1H3,(H2,18,20). The van der Waals surface area contributed by atoms with Gasteiger partial charge in [-0.05, 0) is 43.1 Å². The summed E-state index contributed by atoms with van der Waals surface area (Å²) in [6.45, 7) is 0.739. The monoisotopic (exact) mass is 283 g/mol. The SMILES string of the molecule is CNC(Cc1cccnc1N)C1COc2ccccc2C1. The number of rotatable bonds is 4. The Labute approximate surface area is 125 Å². The van der Waals surface area contributed by atoms with Crippen LogP contribution in [0.1, 0.15) is 11.1 Å². The molecule has 21 heavy (non-hydrogen) atoms. The molecule has 3 rings (SSSR count). The first-order valence-corrected chi connectivity index (χ1v) is 7.35. The Balaban J connectivity index is 1.74. The third-order valence-corrected chi connectivity index (χ3v) is 4.21. The van der Waals surface area contributed by atoms with Crippen molar-refractivity contribution in [3.63, 3.8) is 0 Å². The van der Waals surface area contributed by atoms with Gasteiger partial charge in [0.2, 0.25) is 0 Å². The van der Waals surface area contributed by atoms with Gasteiger partial charge in [0.15, 0.2) is 0 Å². The van der Waals surface area contributed by atoms with Crippen molar-refractivity contribution >= 4 is 5.82 Å². The smallest absolute Gasteiger partial charge is 0.126 e. The van der Waals surface area contributed by atoms with E-state index >= 15 is 0 Å². The summed E-state index contributed by atoms with van der Waals surface area (Å²) in [6, 6.07) is 12.6. The van der Waals surface area contributed by atoms with Crippen molar-refractivity contribution in [3.05, 3.63) is 53.7 Å². The Hall–Kier alpha value is -2.07. The highest BCUT2D eigenvalue weighted by Gasteiger charge is 2.27. The van der Waals surface area contributed by atoms with Gasteiger partial charge in [-0.3, -0.25) is 0 Å². The molecule has 0 aliphatic carbocycles. The molecule has 0 saturated heterocycles. The van der Waals surface area contributed by atoms with Crippen molar-refractivity contribution < 1.29 is 4.74 Å². The predicted molar refractivity (Wildman–Crippen MR) is 84.3 cm³/mol. The van der Waals surface area contributed by atoms with Crippen LogP contribution in [0.5, 0.6) is 5.75 Å². The number of likely N-dealkylation sites (N-methyl/N-ethyl adjacent to an activating group) is 1. The van der Waals surface area contributed by atoms with Gasteiger partial charge >= 0.3 is 0 Å². The number of nitrogens with one attached hydrogen (secondary N) is 1. The molecule has 0 spiro atoms. The van der Waals surface area contributed by atoms with E-state index in [1.807, 2.05) is 31.3 Å². The molecule has 110 valence electrons. The van der Waals surface area contributed by atoms with Gasteiger partial charge in [0.25, 0.3) is 0 Å². The van der Waals surface area contributed by atoms with Gasteiger partial charge in [-0.15, -0.1) is 0 Å². The van der Waals surface area contributed by atoms with E-state index in [1.165, 1.54) is 5.56 Å². The Bertz CT molecular complexity index is 614. The molecule has 1 aliphatic heterocycles. The first-order valence-electron chi connectivity index (χ1n) is 7.35. The zero-order valence-corrected chi connectivity index (χ0v) is 12.3. The van der Waals surface area contributed by atoms with E-state index in [-0.39, 0.29) is 0 Å². The predicted octanol–water partition coefficient (Wildman–Crippen LogP) is 2.05. The minimum Gasteiger partial charge on any atom is -0.493 e. The molecule has 2 aromatic rings. The second-order valence-corrected chi connectivity index (χ2v) is 5.53. The maximum Gasteiger partial charge on any atom is 0.126 e. The van der Waals surface area contributed by atoms with Crippen LogP contribution in [0.25, 0.3) is 0 Å². The lowest BCUT2D eigenvalue weighted by molar-refractivity contribution is 0.187. The number of aromatic nitrogens is 1. The summed E-state index contributed by atoms with van der Waals surface area (Å²) in [4.78, 5) is 4.17. The number of fused-ring (bicyclic) bond motifs is 1. The third kappa shape index (κ3) is 3.00. The van der Waals surface area contributed by atoms with E-state index in [1.54, 1.807) is 6.20 Å². The molecule has 1 aliphatic rings. The second kappa shape index (κ2) is 6.14.